The van der Waals surface area contributed by atoms with Crippen LogP contribution in [-0.2, 0) is 7.05 Å². The normalized spacial score (nSPS) is 10.7. The summed E-state index contributed by atoms with van der Waals surface area (Å²) in [6.45, 7) is 0. The summed E-state index contributed by atoms with van der Waals surface area (Å²) in [5.74, 6) is -0.178. The Morgan fingerprint density at radius 2 is 1.91 bits per heavy atom. The molecule has 0 atom stereocenters. The number of rotatable bonds is 3. The number of hydrogen-bond donors (Lipinski definition) is 0. The summed E-state index contributed by atoms with van der Waals surface area (Å²) < 4.78 is 8.00. The number of halogens is 1. The van der Waals surface area contributed by atoms with E-state index in [0.717, 1.165) is 10.9 Å². The van der Waals surface area contributed by atoms with Gasteiger partial charge in [0.2, 0.25) is 0 Å². The zero-order valence-electron chi connectivity index (χ0n) is 12.0. The standard InChI is InChI=1S/C16H11BrN2O4/c1-18-7-6-11-8-15(13(17)9-14(11)18)23-16(20)10-2-4-12(5-3-10)19(21)22/h2-9H,1H3. The van der Waals surface area contributed by atoms with E-state index in [1.165, 1.54) is 24.3 Å². The molecule has 0 aliphatic carbocycles. The van der Waals surface area contributed by atoms with Crippen LogP contribution in [0, 0.1) is 10.1 Å². The van der Waals surface area contributed by atoms with Gasteiger partial charge in [-0.15, -0.1) is 0 Å². The molecule has 2 aromatic carbocycles. The van der Waals surface area contributed by atoms with Crippen molar-refractivity contribution < 1.29 is 14.5 Å². The summed E-state index contributed by atoms with van der Waals surface area (Å²) in [4.78, 5) is 22.3. The van der Waals surface area contributed by atoms with Crippen LogP contribution in [0.1, 0.15) is 10.4 Å². The summed E-state index contributed by atoms with van der Waals surface area (Å²) in [5.41, 5.74) is 1.18. The lowest BCUT2D eigenvalue weighted by Crippen LogP contribution is -2.08. The molecule has 1 heterocycles. The van der Waals surface area contributed by atoms with Crippen molar-refractivity contribution in [3.63, 3.8) is 0 Å². The Hall–Kier alpha value is -2.67. The van der Waals surface area contributed by atoms with Crippen molar-refractivity contribution >= 4 is 38.5 Å². The highest BCUT2D eigenvalue weighted by Crippen LogP contribution is 2.31. The van der Waals surface area contributed by atoms with Gasteiger partial charge >= 0.3 is 5.97 Å². The maximum Gasteiger partial charge on any atom is 0.343 e. The molecule has 0 aliphatic heterocycles. The Balaban J connectivity index is 1.87. The highest BCUT2D eigenvalue weighted by Gasteiger charge is 2.14. The highest BCUT2D eigenvalue weighted by atomic mass is 79.9. The van der Waals surface area contributed by atoms with Crippen LogP contribution in [0.15, 0.2) is 53.1 Å². The predicted octanol–water partition coefficient (Wildman–Crippen LogP) is 4.07. The SMILES string of the molecule is Cn1ccc2cc(OC(=O)c3ccc([N+](=O)[O-])cc3)c(Br)cc21. The molecule has 6 nitrogen and oxygen atoms in total. The molecule has 7 heteroatoms. The van der Waals surface area contributed by atoms with E-state index in [1.54, 1.807) is 6.07 Å². The lowest BCUT2D eigenvalue weighted by Gasteiger charge is -2.07. The summed E-state index contributed by atoms with van der Waals surface area (Å²) >= 11 is 3.39. The molecule has 0 saturated heterocycles. The number of nitro groups is 1. The molecule has 0 bridgehead atoms. The van der Waals surface area contributed by atoms with E-state index < -0.39 is 10.9 Å². The molecule has 0 fully saturated rings. The van der Waals surface area contributed by atoms with Crippen LogP contribution in [0.2, 0.25) is 0 Å². The molecular weight excluding hydrogens is 364 g/mol. The first kappa shape index (κ1) is 15.2. The van der Waals surface area contributed by atoms with Crippen molar-refractivity contribution in [2.24, 2.45) is 7.05 Å². The Labute approximate surface area is 139 Å². The Bertz CT molecular complexity index is 916. The number of ether oxygens (including phenoxy) is 1. The molecule has 0 radical (unpaired) electrons. The van der Waals surface area contributed by atoms with Gasteiger partial charge in [0, 0.05) is 36.3 Å². The smallest absolute Gasteiger partial charge is 0.343 e. The largest absolute Gasteiger partial charge is 0.422 e. The molecule has 0 spiro atoms. The number of aromatic nitrogens is 1. The second kappa shape index (κ2) is 5.85. The van der Waals surface area contributed by atoms with Gasteiger partial charge in [0.15, 0.2) is 0 Å². The Morgan fingerprint density at radius 3 is 2.57 bits per heavy atom. The van der Waals surface area contributed by atoms with E-state index in [2.05, 4.69) is 15.9 Å². The number of carbonyl (C=O) groups is 1. The second-order valence-electron chi connectivity index (χ2n) is 4.96. The van der Waals surface area contributed by atoms with Crippen LogP contribution >= 0.6 is 15.9 Å². The first-order valence-electron chi connectivity index (χ1n) is 6.67. The molecule has 116 valence electrons. The van der Waals surface area contributed by atoms with Crippen molar-refractivity contribution in [3.05, 3.63) is 68.8 Å². The van der Waals surface area contributed by atoms with Gasteiger partial charge in [0.05, 0.1) is 15.0 Å². The van der Waals surface area contributed by atoms with Crippen LogP contribution in [-0.4, -0.2) is 15.5 Å². The molecule has 1 aromatic heterocycles. The summed E-state index contributed by atoms with van der Waals surface area (Å²) in [6.07, 6.45) is 1.92. The lowest BCUT2D eigenvalue weighted by atomic mass is 10.2. The number of nitro benzene ring substituents is 1. The van der Waals surface area contributed by atoms with E-state index >= 15 is 0 Å². The zero-order valence-corrected chi connectivity index (χ0v) is 13.6. The maximum absolute atomic E-state index is 12.2. The van der Waals surface area contributed by atoms with Crippen molar-refractivity contribution in [2.45, 2.75) is 0 Å². The number of esters is 1. The minimum absolute atomic E-state index is 0.0755. The fraction of sp³-hybridized carbons (Fsp3) is 0.0625. The van der Waals surface area contributed by atoms with Gasteiger partial charge in [-0.3, -0.25) is 10.1 Å². The van der Waals surface area contributed by atoms with Gasteiger partial charge in [-0.05, 0) is 46.3 Å². The first-order valence-corrected chi connectivity index (χ1v) is 7.46. The third-order valence-corrected chi connectivity index (χ3v) is 4.08. The van der Waals surface area contributed by atoms with Crippen molar-refractivity contribution in [3.8, 4) is 5.75 Å². The fourth-order valence-corrected chi connectivity index (χ4v) is 2.64. The molecular formula is C16H11BrN2O4. The van der Waals surface area contributed by atoms with Crippen LogP contribution in [0.4, 0.5) is 5.69 Å². The first-order chi connectivity index (χ1) is 11.0. The highest BCUT2D eigenvalue weighted by molar-refractivity contribution is 9.10. The van der Waals surface area contributed by atoms with Gasteiger partial charge in [-0.1, -0.05) is 0 Å². The molecule has 0 amide bonds. The molecule has 0 aliphatic rings. The van der Waals surface area contributed by atoms with Crippen LogP contribution in [0.25, 0.3) is 10.9 Å². The third-order valence-electron chi connectivity index (χ3n) is 3.46. The number of fused-ring (bicyclic) bond motifs is 1. The van der Waals surface area contributed by atoms with Gasteiger partial charge in [0.1, 0.15) is 5.75 Å². The number of aryl methyl sites for hydroxylation is 1. The third kappa shape index (κ3) is 2.95. The van der Waals surface area contributed by atoms with Gasteiger partial charge < -0.3 is 9.30 Å². The van der Waals surface area contributed by atoms with Crippen molar-refractivity contribution in [1.82, 2.24) is 4.57 Å². The second-order valence-corrected chi connectivity index (χ2v) is 5.82. The molecule has 0 N–H and O–H groups in total. The van der Waals surface area contributed by atoms with Crippen LogP contribution < -0.4 is 4.74 Å². The van der Waals surface area contributed by atoms with Gasteiger partial charge in [0.25, 0.3) is 5.69 Å². The summed E-state index contributed by atoms with van der Waals surface area (Å²) in [6, 6.07) is 10.8. The maximum atomic E-state index is 12.2. The van der Waals surface area contributed by atoms with E-state index in [4.69, 9.17) is 4.74 Å². The number of nitrogens with zero attached hydrogens (tertiary/aromatic N) is 2. The minimum atomic E-state index is -0.573. The molecule has 23 heavy (non-hydrogen) atoms. The van der Waals surface area contributed by atoms with E-state index in [1.807, 2.05) is 29.9 Å². The number of hydrogen-bond acceptors (Lipinski definition) is 4. The fourth-order valence-electron chi connectivity index (χ4n) is 2.23. The van der Waals surface area contributed by atoms with Crippen molar-refractivity contribution in [1.29, 1.82) is 0 Å². The number of carbonyl (C=O) groups excluding carboxylic acids is 1. The number of benzene rings is 2. The quantitative estimate of drug-likeness (QED) is 0.299. The van der Waals surface area contributed by atoms with Crippen LogP contribution in [0.3, 0.4) is 0 Å². The Kier molecular flexibility index (Phi) is 3.87. The van der Waals surface area contributed by atoms with Crippen LogP contribution in [0.5, 0.6) is 5.75 Å². The van der Waals surface area contributed by atoms with E-state index in [9.17, 15) is 14.9 Å². The monoisotopic (exact) mass is 374 g/mol. The predicted molar refractivity (Wildman–Crippen MR) is 88.7 cm³/mol. The topological polar surface area (TPSA) is 74.4 Å². The molecule has 0 saturated carbocycles. The summed E-state index contributed by atoms with van der Waals surface area (Å²) in [7, 11) is 1.93. The van der Waals surface area contributed by atoms with E-state index in [0.29, 0.717) is 10.2 Å². The van der Waals surface area contributed by atoms with Gasteiger partial charge in [-0.25, -0.2) is 4.79 Å². The average Bonchev–Trinajstić information content (AvgIpc) is 2.88. The van der Waals surface area contributed by atoms with Gasteiger partial charge in [-0.2, -0.15) is 0 Å². The number of non-ortho nitro benzene ring substituents is 1. The minimum Gasteiger partial charge on any atom is -0.422 e. The lowest BCUT2D eigenvalue weighted by molar-refractivity contribution is -0.384. The molecule has 3 aromatic rings. The average molecular weight is 375 g/mol. The molecule has 3 rings (SSSR count). The van der Waals surface area contributed by atoms with E-state index in [-0.39, 0.29) is 11.3 Å². The zero-order chi connectivity index (χ0) is 16.6. The summed E-state index contributed by atoms with van der Waals surface area (Å²) in [5, 5.41) is 11.6. The Morgan fingerprint density at radius 1 is 1.22 bits per heavy atom. The van der Waals surface area contributed by atoms with Crippen molar-refractivity contribution in [2.75, 3.05) is 0 Å². The molecule has 0 unspecified atom stereocenters.